The molecule has 1 heterocycles. The Kier molecular flexibility index (Phi) is 8.29. The lowest BCUT2D eigenvalue weighted by atomic mass is 9.95. The monoisotopic (exact) mass is 445 g/mol. The first-order chi connectivity index (χ1) is 14.5. The van der Waals surface area contributed by atoms with E-state index in [2.05, 4.69) is 4.74 Å². The number of methoxy groups -OCH3 is 1. The highest BCUT2D eigenvalue weighted by molar-refractivity contribution is 5.92. The minimum atomic E-state index is -4.51. The van der Waals surface area contributed by atoms with Gasteiger partial charge in [-0.2, -0.15) is 13.2 Å². The van der Waals surface area contributed by atoms with Crippen LogP contribution >= 0.6 is 0 Å². The summed E-state index contributed by atoms with van der Waals surface area (Å²) in [6.07, 6.45) is -4.67. The van der Waals surface area contributed by atoms with E-state index in [0.29, 0.717) is 25.9 Å². The normalized spacial score (nSPS) is 16.0. The Bertz CT molecular complexity index is 788. The number of carbonyl (C=O) groups is 3. The molecule has 1 atom stereocenters. The van der Waals surface area contributed by atoms with Crippen molar-refractivity contribution in [3.05, 3.63) is 29.8 Å². The first-order valence-electron chi connectivity index (χ1n) is 9.89. The molecule has 1 unspecified atom stereocenters. The maximum Gasteiger partial charge on any atom is 0.422 e. The number of halogens is 3. The van der Waals surface area contributed by atoms with E-state index in [1.54, 1.807) is 18.7 Å². The molecule has 31 heavy (non-hydrogen) atoms. The van der Waals surface area contributed by atoms with Gasteiger partial charge in [0.25, 0.3) is 5.91 Å². The topological polar surface area (TPSA) is 82.1 Å². The summed E-state index contributed by atoms with van der Waals surface area (Å²) in [6, 6.07) is 5.16. The number of likely N-dealkylation sites (tertiary alicyclic amines) is 1. The number of hydrogen-bond donors (Lipinski definition) is 0. The van der Waals surface area contributed by atoms with Gasteiger partial charge in [0.05, 0.1) is 18.6 Å². The van der Waals surface area contributed by atoms with Gasteiger partial charge in [0.1, 0.15) is 5.75 Å². The summed E-state index contributed by atoms with van der Waals surface area (Å²) in [5.74, 6) is -2.27. The standard InChI is InChI=1S/C21H26F3NO6/c1-13(2)17(18(26)25-9-7-14(8-10-25)19(27)29-3)31-20(28)15-5-4-6-16(11-15)30-12-21(22,23)24/h4-6,11,13-14,17H,7-10,12H2,1-3H3. The molecular weight excluding hydrogens is 419 g/mol. The zero-order valence-electron chi connectivity index (χ0n) is 17.6. The average Bonchev–Trinajstić information content (AvgIpc) is 2.74. The smallest absolute Gasteiger partial charge is 0.422 e. The highest BCUT2D eigenvalue weighted by Gasteiger charge is 2.35. The molecule has 0 radical (unpaired) electrons. The number of benzene rings is 1. The Balaban J connectivity index is 2.02. The Hall–Kier alpha value is -2.78. The Morgan fingerprint density at radius 1 is 1.16 bits per heavy atom. The van der Waals surface area contributed by atoms with Crippen LogP contribution in [0.25, 0.3) is 0 Å². The second kappa shape index (κ2) is 10.5. The molecule has 1 fully saturated rings. The zero-order chi connectivity index (χ0) is 23.2. The molecule has 0 bridgehead atoms. The molecule has 2 rings (SSSR count). The number of piperidine rings is 1. The number of rotatable bonds is 7. The summed E-state index contributed by atoms with van der Waals surface area (Å²) in [5.41, 5.74) is -0.0254. The van der Waals surface area contributed by atoms with Gasteiger partial charge in [-0.1, -0.05) is 19.9 Å². The van der Waals surface area contributed by atoms with Gasteiger partial charge in [0.15, 0.2) is 12.7 Å². The summed E-state index contributed by atoms with van der Waals surface area (Å²) in [4.78, 5) is 38.7. The third kappa shape index (κ3) is 7.15. The van der Waals surface area contributed by atoms with E-state index in [1.165, 1.54) is 25.3 Å². The fourth-order valence-electron chi connectivity index (χ4n) is 3.22. The zero-order valence-corrected chi connectivity index (χ0v) is 17.6. The average molecular weight is 445 g/mol. The number of alkyl halides is 3. The van der Waals surface area contributed by atoms with E-state index in [-0.39, 0.29) is 35.0 Å². The third-order valence-electron chi connectivity index (χ3n) is 4.90. The van der Waals surface area contributed by atoms with Crippen molar-refractivity contribution in [2.24, 2.45) is 11.8 Å². The molecule has 7 nitrogen and oxygen atoms in total. The van der Waals surface area contributed by atoms with Crippen molar-refractivity contribution in [1.82, 2.24) is 4.90 Å². The van der Waals surface area contributed by atoms with Gasteiger partial charge in [-0.15, -0.1) is 0 Å². The number of hydrogen-bond acceptors (Lipinski definition) is 6. The van der Waals surface area contributed by atoms with Crippen molar-refractivity contribution in [3.8, 4) is 5.75 Å². The van der Waals surface area contributed by atoms with Gasteiger partial charge in [0, 0.05) is 13.1 Å². The molecule has 10 heteroatoms. The summed E-state index contributed by atoms with van der Waals surface area (Å²) >= 11 is 0. The van der Waals surface area contributed by atoms with E-state index in [1.807, 2.05) is 0 Å². The summed E-state index contributed by atoms with van der Waals surface area (Å²) < 4.78 is 51.8. The fraction of sp³-hybridized carbons (Fsp3) is 0.571. The summed E-state index contributed by atoms with van der Waals surface area (Å²) in [7, 11) is 1.32. The van der Waals surface area contributed by atoms with Gasteiger partial charge in [-0.25, -0.2) is 4.79 Å². The summed E-state index contributed by atoms with van der Waals surface area (Å²) in [6.45, 7) is 2.63. The predicted octanol–water partition coefficient (Wildman–Crippen LogP) is 3.22. The van der Waals surface area contributed by atoms with Crippen molar-refractivity contribution in [3.63, 3.8) is 0 Å². The third-order valence-corrected chi connectivity index (χ3v) is 4.90. The summed E-state index contributed by atoms with van der Waals surface area (Å²) in [5, 5.41) is 0. The molecule has 0 saturated carbocycles. The van der Waals surface area contributed by atoms with E-state index < -0.39 is 24.9 Å². The van der Waals surface area contributed by atoms with Crippen molar-refractivity contribution >= 4 is 17.8 Å². The van der Waals surface area contributed by atoms with Gasteiger partial charge in [-0.3, -0.25) is 9.59 Å². The van der Waals surface area contributed by atoms with E-state index in [9.17, 15) is 27.6 Å². The minimum absolute atomic E-state index is 0.0254. The molecule has 1 saturated heterocycles. The van der Waals surface area contributed by atoms with Crippen LogP contribution in [0.1, 0.15) is 37.0 Å². The highest BCUT2D eigenvalue weighted by atomic mass is 19.4. The van der Waals surface area contributed by atoms with Crippen molar-refractivity contribution < 1.29 is 41.8 Å². The van der Waals surface area contributed by atoms with Crippen LogP contribution in [0.2, 0.25) is 0 Å². The Morgan fingerprint density at radius 3 is 2.35 bits per heavy atom. The van der Waals surface area contributed by atoms with Crippen LogP contribution in [0.5, 0.6) is 5.75 Å². The molecule has 1 aliphatic rings. The molecule has 1 amide bonds. The lowest BCUT2D eigenvalue weighted by molar-refractivity contribution is -0.153. The Morgan fingerprint density at radius 2 is 1.81 bits per heavy atom. The van der Waals surface area contributed by atoms with Crippen molar-refractivity contribution in [2.45, 2.75) is 39.0 Å². The first-order valence-corrected chi connectivity index (χ1v) is 9.89. The molecule has 0 aliphatic carbocycles. The lowest BCUT2D eigenvalue weighted by Gasteiger charge is -2.34. The van der Waals surface area contributed by atoms with E-state index in [4.69, 9.17) is 9.47 Å². The SMILES string of the molecule is COC(=O)C1CCN(C(=O)C(OC(=O)c2cccc(OCC(F)(F)F)c2)C(C)C)CC1. The molecule has 172 valence electrons. The van der Waals surface area contributed by atoms with Crippen LogP contribution in [0.3, 0.4) is 0 Å². The van der Waals surface area contributed by atoms with Crippen LogP contribution in [0.15, 0.2) is 24.3 Å². The second-order valence-corrected chi connectivity index (χ2v) is 7.62. The van der Waals surface area contributed by atoms with Gasteiger partial charge in [-0.05, 0) is 37.0 Å². The van der Waals surface area contributed by atoms with Gasteiger partial charge in [0.2, 0.25) is 0 Å². The molecule has 0 aromatic heterocycles. The number of amides is 1. The molecule has 0 N–H and O–H groups in total. The van der Waals surface area contributed by atoms with E-state index in [0.717, 1.165) is 6.07 Å². The molecule has 1 aromatic rings. The van der Waals surface area contributed by atoms with Gasteiger partial charge < -0.3 is 19.1 Å². The predicted molar refractivity (Wildman–Crippen MR) is 103 cm³/mol. The van der Waals surface area contributed by atoms with Crippen LogP contribution in [-0.4, -0.2) is 61.8 Å². The molecule has 1 aliphatic heterocycles. The number of carbonyl (C=O) groups excluding carboxylic acids is 3. The number of ether oxygens (including phenoxy) is 3. The largest absolute Gasteiger partial charge is 0.484 e. The van der Waals surface area contributed by atoms with Gasteiger partial charge >= 0.3 is 18.1 Å². The van der Waals surface area contributed by atoms with Crippen LogP contribution in [-0.2, 0) is 19.1 Å². The van der Waals surface area contributed by atoms with Crippen LogP contribution < -0.4 is 4.74 Å². The minimum Gasteiger partial charge on any atom is -0.484 e. The Labute approximate surface area is 178 Å². The number of esters is 2. The first kappa shape index (κ1) is 24.5. The quantitative estimate of drug-likeness (QED) is 0.600. The highest BCUT2D eigenvalue weighted by Crippen LogP contribution is 2.23. The maximum absolute atomic E-state index is 12.9. The fourth-order valence-corrected chi connectivity index (χ4v) is 3.22. The van der Waals surface area contributed by atoms with Crippen molar-refractivity contribution in [2.75, 3.05) is 26.8 Å². The number of nitrogens with zero attached hydrogens (tertiary/aromatic N) is 1. The van der Waals surface area contributed by atoms with Crippen LogP contribution in [0, 0.1) is 11.8 Å². The molecule has 1 aromatic carbocycles. The lowest BCUT2D eigenvalue weighted by Crippen LogP contribution is -2.48. The van der Waals surface area contributed by atoms with Crippen molar-refractivity contribution in [1.29, 1.82) is 0 Å². The molecule has 0 spiro atoms. The molecular formula is C21H26F3NO6. The maximum atomic E-state index is 12.9. The second-order valence-electron chi connectivity index (χ2n) is 7.62. The van der Waals surface area contributed by atoms with Crippen LogP contribution in [0.4, 0.5) is 13.2 Å². The van der Waals surface area contributed by atoms with E-state index >= 15 is 0 Å².